The van der Waals surface area contributed by atoms with E-state index in [1.807, 2.05) is 34.6 Å². The Morgan fingerprint density at radius 2 is 1.82 bits per heavy atom. The van der Waals surface area contributed by atoms with Gasteiger partial charge in [0.1, 0.15) is 40.8 Å². The molecule has 0 saturated carbocycles. The lowest BCUT2D eigenvalue weighted by Gasteiger charge is -2.31. The molecule has 0 spiro atoms. The van der Waals surface area contributed by atoms with Gasteiger partial charge < -0.3 is 30.2 Å². The Morgan fingerprint density at radius 3 is 2.62 bits per heavy atom. The van der Waals surface area contributed by atoms with E-state index in [0.29, 0.717) is 59.1 Å². The number of halogens is 3. The van der Waals surface area contributed by atoms with Crippen molar-refractivity contribution in [3.63, 3.8) is 0 Å². The number of imidazole rings is 1. The highest BCUT2D eigenvalue weighted by atomic mass is 19.1. The van der Waals surface area contributed by atoms with Crippen LogP contribution < -0.4 is 16.0 Å². The van der Waals surface area contributed by atoms with E-state index < -0.39 is 29.6 Å². The maximum atomic E-state index is 15.0. The number of nitrogen functional groups attached to an aromatic ring is 1. The molecular weight excluding hydrogens is 651 g/mol. The molecule has 50 heavy (non-hydrogen) atoms. The van der Waals surface area contributed by atoms with Crippen molar-refractivity contribution in [3.05, 3.63) is 78.0 Å². The number of rotatable bonds is 3. The van der Waals surface area contributed by atoms with E-state index >= 15 is 0 Å². The fourth-order valence-electron chi connectivity index (χ4n) is 7.07. The number of methoxy groups -OCH3 is 1. The number of ether oxygens (including phenoxy) is 1. The third-order valence-corrected chi connectivity index (χ3v) is 9.37. The van der Waals surface area contributed by atoms with E-state index in [1.54, 1.807) is 19.1 Å². The van der Waals surface area contributed by atoms with Crippen molar-refractivity contribution in [3.8, 4) is 16.9 Å². The molecular formula is C34H32F3N11O2. The monoisotopic (exact) mass is 683 g/mol. The van der Waals surface area contributed by atoms with E-state index in [1.165, 1.54) is 29.1 Å². The number of hydrogen-bond acceptors (Lipinski definition) is 10. The van der Waals surface area contributed by atoms with Crippen molar-refractivity contribution in [1.29, 1.82) is 0 Å². The summed E-state index contributed by atoms with van der Waals surface area (Å²) < 4.78 is 52.6. The summed E-state index contributed by atoms with van der Waals surface area (Å²) in [5.41, 5.74) is 8.73. The molecule has 4 bridgehead atoms. The van der Waals surface area contributed by atoms with Crippen LogP contribution >= 0.6 is 0 Å². The molecule has 1 saturated heterocycles. The molecule has 8 rings (SSSR count). The van der Waals surface area contributed by atoms with E-state index in [0.717, 1.165) is 17.6 Å². The van der Waals surface area contributed by atoms with E-state index in [-0.39, 0.29) is 35.8 Å². The van der Waals surface area contributed by atoms with Crippen LogP contribution in [0, 0.1) is 24.4 Å². The summed E-state index contributed by atoms with van der Waals surface area (Å²) in [6, 6.07) is 10.5. The zero-order chi connectivity index (χ0) is 34.8. The fraction of sp³-hybridized carbons (Fsp3) is 0.294. The molecule has 2 aliphatic rings. The van der Waals surface area contributed by atoms with Gasteiger partial charge in [-0.2, -0.15) is 15.1 Å². The maximum absolute atomic E-state index is 15.0. The highest BCUT2D eigenvalue weighted by Crippen LogP contribution is 2.35. The van der Waals surface area contributed by atoms with Crippen molar-refractivity contribution >= 4 is 45.6 Å². The normalized spacial score (nSPS) is 19.6. The molecule has 3 atom stereocenters. The number of aryl methyl sites for hydroxylation is 1. The molecule has 6 heterocycles. The molecule has 1 amide bonds. The molecule has 1 fully saturated rings. The van der Waals surface area contributed by atoms with Gasteiger partial charge in [0.05, 0.1) is 41.0 Å². The van der Waals surface area contributed by atoms with Crippen LogP contribution in [-0.4, -0.2) is 90.5 Å². The summed E-state index contributed by atoms with van der Waals surface area (Å²) in [6.07, 6.45) is 1.39. The van der Waals surface area contributed by atoms with E-state index in [4.69, 9.17) is 15.5 Å². The molecule has 0 radical (unpaired) electrons. The second-order valence-corrected chi connectivity index (χ2v) is 12.6. The number of carbonyl (C=O) groups is 1. The van der Waals surface area contributed by atoms with Gasteiger partial charge in [-0.25, -0.2) is 27.8 Å². The Hall–Kier alpha value is -5.77. The van der Waals surface area contributed by atoms with Crippen LogP contribution in [0.25, 0.3) is 39.0 Å². The van der Waals surface area contributed by atoms with Gasteiger partial charge in [-0.1, -0.05) is 6.07 Å². The second kappa shape index (κ2) is 12.0. The number of likely N-dealkylation sites (N-methyl/N-ethyl adjacent to an activating group) is 1. The number of nitrogens with one attached hydrogen (secondary N) is 1. The lowest BCUT2D eigenvalue weighted by Crippen LogP contribution is -2.47. The van der Waals surface area contributed by atoms with E-state index in [9.17, 15) is 18.0 Å². The molecule has 0 aliphatic carbocycles. The number of nitrogens with two attached hydrogens (primary N) is 1. The first-order chi connectivity index (χ1) is 24.1. The van der Waals surface area contributed by atoms with Gasteiger partial charge in [-0.05, 0) is 43.7 Å². The first-order valence-electron chi connectivity index (χ1n) is 16.0. The number of fused-ring (bicyclic) bond motifs is 6. The van der Waals surface area contributed by atoms with Crippen LogP contribution in [-0.2, 0) is 16.1 Å². The molecule has 2 aliphatic heterocycles. The zero-order valence-corrected chi connectivity index (χ0v) is 27.3. The number of aromatic nitrogens is 7. The minimum atomic E-state index is -0.832. The standard InChI is InChI=1S/C34H32F3N11O2/c1-17-40-26-11-19(36)9-22-25-5-4-6-29(42-25)41-20-12-28(33(49)45(2)15-21(50-3)16-46(17)30(22)26)47(14-20)31-23-13-39-48(32(23)44-34(38)43-31)27-8-7-18(35)10-24(27)37/h4-11,13,20-21,28H,12,14-16H2,1-3H3,(H,41,42)(H2,38,43,44)/t20-,21+,28-/m0/s1. The van der Waals surface area contributed by atoms with Crippen LogP contribution in [0.5, 0.6) is 0 Å². The quantitative estimate of drug-likeness (QED) is 0.280. The molecule has 3 N–H and O–H groups in total. The second-order valence-electron chi connectivity index (χ2n) is 12.6. The van der Waals surface area contributed by atoms with Gasteiger partial charge in [0.15, 0.2) is 11.5 Å². The number of amides is 1. The molecule has 13 nitrogen and oxygen atoms in total. The first-order valence-corrected chi connectivity index (χ1v) is 16.0. The Morgan fingerprint density at radius 1 is 0.980 bits per heavy atom. The maximum Gasteiger partial charge on any atom is 0.245 e. The molecule has 16 heteroatoms. The summed E-state index contributed by atoms with van der Waals surface area (Å²) >= 11 is 0. The molecule has 6 aromatic rings. The lowest BCUT2D eigenvalue weighted by molar-refractivity contribution is -0.132. The molecule has 4 aromatic heterocycles. The predicted octanol–water partition coefficient (Wildman–Crippen LogP) is 4.08. The fourth-order valence-corrected chi connectivity index (χ4v) is 7.07. The van der Waals surface area contributed by atoms with Crippen molar-refractivity contribution in [2.24, 2.45) is 0 Å². The van der Waals surface area contributed by atoms with Gasteiger partial charge in [-0.15, -0.1) is 0 Å². The van der Waals surface area contributed by atoms with Gasteiger partial charge in [0, 0.05) is 51.0 Å². The topological polar surface area (TPSA) is 145 Å². The summed E-state index contributed by atoms with van der Waals surface area (Å²) in [5.74, 6) is -0.763. The average Bonchev–Trinajstić information content (AvgIpc) is 3.78. The summed E-state index contributed by atoms with van der Waals surface area (Å²) in [6.45, 7) is 2.73. The lowest BCUT2D eigenvalue weighted by atomic mass is 10.1. The van der Waals surface area contributed by atoms with Crippen LogP contribution in [0.4, 0.5) is 30.8 Å². The molecule has 2 aromatic carbocycles. The third-order valence-electron chi connectivity index (χ3n) is 9.37. The van der Waals surface area contributed by atoms with Crippen LogP contribution in [0.2, 0.25) is 0 Å². The van der Waals surface area contributed by atoms with Crippen molar-refractivity contribution in [2.75, 3.05) is 43.2 Å². The Bertz CT molecular complexity index is 2310. The minimum Gasteiger partial charge on any atom is -0.378 e. The largest absolute Gasteiger partial charge is 0.378 e. The SMILES string of the molecule is CO[C@@H]1CN(C)C(=O)[C@@H]2C[C@@H](CN2c2nc(N)nc3c2cnn3-c2ccc(F)cc2F)Nc2cccc(n2)-c2cc(F)cc3nc(C)n(c23)C1. The van der Waals surface area contributed by atoms with Crippen molar-refractivity contribution in [1.82, 2.24) is 39.2 Å². The Labute approximate surface area is 283 Å². The highest BCUT2D eigenvalue weighted by molar-refractivity contribution is 5.94. The van der Waals surface area contributed by atoms with Gasteiger partial charge in [0.2, 0.25) is 11.9 Å². The number of benzene rings is 2. The van der Waals surface area contributed by atoms with Crippen LogP contribution in [0.3, 0.4) is 0 Å². The minimum absolute atomic E-state index is 0.0244. The zero-order valence-electron chi connectivity index (χ0n) is 27.3. The van der Waals surface area contributed by atoms with Gasteiger partial charge in [0.25, 0.3) is 0 Å². The van der Waals surface area contributed by atoms with Gasteiger partial charge >= 0.3 is 0 Å². The Balaban J connectivity index is 1.24. The number of nitrogens with zero attached hydrogens (tertiary/aromatic N) is 9. The highest BCUT2D eigenvalue weighted by Gasteiger charge is 2.41. The number of anilines is 3. The molecule has 0 unspecified atom stereocenters. The van der Waals surface area contributed by atoms with Crippen molar-refractivity contribution < 1.29 is 22.7 Å². The molecule has 256 valence electrons. The first kappa shape index (κ1) is 31.5. The number of carbonyl (C=O) groups excluding carboxylic acids is 1. The summed E-state index contributed by atoms with van der Waals surface area (Å²) in [5, 5.41) is 8.24. The average molecular weight is 684 g/mol. The van der Waals surface area contributed by atoms with Gasteiger partial charge in [-0.3, -0.25) is 4.79 Å². The van der Waals surface area contributed by atoms with Crippen LogP contribution in [0.1, 0.15) is 12.2 Å². The van der Waals surface area contributed by atoms with Crippen molar-refractivity contribution in [2.45, 2.75) is 38.1 Å². The number of pyridine rings is 1. The van der Waals surface area contributed by atoms with E-state index in [2.05, 4.69) is 25.4 Å². The summed E-state index contributed by atoms with van der Waals surface area (Å²) in [7, 11) is 3.30. The smallest absolute Gasteiger partial charge is 0.245 e. The third kappa shape index (κ3) is 5.31. The number of hydrogen-bond donors (Lipinski definition) is 2. The van der Waals surface area contributed by atoms with Crippen LogP contribution in [0.15, 0.2) is 54.7 Å². The predicted molar refractivity (Wildman–Crippen MR) is 180 cm³/mol. The Kier molecular flexibility index (Phi) is 7.54. The summed E-state index contributed by atoms with van der Waals surface area (Å²) in [4.78, 5) is 36.2.